The summed E-state index contributed by atoms with van der Waals surface area (Å²) in [5.41, 5.74) is 6.66. The van der Waals surface area contributed by atoms with Gasteiger partial charge in [0.1, 0.15) is 5.75 Å². The average Bonchev–Trinajstić information content (AvgIpc) is 2.14. The summed E-state index contributed by atoms with van der Waals surface area (Å²) in [6.07, 6.45) is 0. The van der Waals surface area contributed by atoms with Crippen molar-refractivity contribution < 1.29 is 10.2 Å². The van der Waals surface area contributed by atoms with E-state index >= 15 is 0 Å². The molecule has 0 aliphatic rings. The molecule has 4 heteroatoms. The minimum Gasteiger partial charge on any atom is -0.508 e. The Labute approximate surface area is 81.6 Å². The molecule has 13 heavy (non-hydrogen) atoms. The third-order valence-electron chi connectivity index (χ3n) is 1.59. The summed E-state index contributed by atoms with van der Waals surface area (Å²) < 4.78 is 0. The van der Waals surface area contributed by atoms with Gasteiger partial charge in [-0.25, -0.2) is 0 Å². The fourth-order valence-corrected chi connectivity index (χ4v) is 1.68. The first kappa shape index (κ1) is 10.4. The molecule has 0 aromatic heterocycles. The third-order valence-corrected chi connectivity index (χ3v) is 2.64. The first-order valence-corrected chi connectivity index (χ1v) is 5.06. The number of thioether (sulfide) groups is 1. The Kier molecular flexibility index (Phi) is 4.08. The molecule has 0 saturated carbocycles. The molecule has 0 bridgehead atoms. The van der Waals surface area contributed by atoms with Gasteiger partial charge in [-0.05, 0) is 17.7 Å². The fourth-order valence-electron chi connectivity index (χ4n) is 0.978. The number of phenols is 1. The van der Waals surface area contributed by atoms with E-state index in [0.717, 1.165) is 5.56 Å². The molecule has 72 valence electrons. The Balaban J connectivity index is 2.60. The Hall–Kier alpha value is -0.710. The highest BCUT2D eigenvalue weighted by molar-refractivity contribution is 7.99. The molecule has 0 saturated heterocycles. The minimum absolute atomic E-state index is 0.122. The van der Waals surface area contributed by atoms with Gasteiger partial charge < -0.3 is 15.9 Å². The monoisotopic (exact) mass is 199 g/mol. The molecule has 0 heterocycles. The summed E-state index contributed by atoms with van der Waals surface area (Å²) in [6.45, 7) is 0.122. The molecule has 1 unspecified atom stereocenters. The maximum Gasteiger partial charge on any atom is 0.115 e. The van der Waals surface area contributed by atoms with E-state index in [0.29, 0.717) is 5.75 Å². The highest BCUT2D eigenvalue weighted by Crippen LogP contribution is 2.25. The number of phenolic OH excluding ortho intramolecular Hbond substituents is 1. The lowest BCUT2D eigenvalue weighted by molar-refractivity contribution is 0.322. The van der Waals surface area contributed by atoms with Crippen LogP contribution in [0.3, 0.4) is 0 Å². The molecule has 1 aromatic rings. The number of benzene rings is 1. The molecule has 0 aliphatic heterocycles. The van der Waals surface area contributed by atoms with Gasteiger partial charge in [-0.1, -0.05) is 12.1 Å². The van der Waals surface area contributed by atoms with Crippen molar-refractivity contribution in [2.45, 2.75) is 5.37 Å². The predicted octanol–water partition coefficient (Wildman–Crippen LogP) is 1.07. The van der Waals surface area contributed by atoms with E-state index in [1.165, 1.54) is 11.8 Å². The van der Waals surface area contributed by atoms with E-state index in [1.54, 1.807) is 18.2 Å². The Bertz CT molecular complexity index is 268. The Morgan fingerprint density at radius 3 is 2.85 bits per heavy atom. The maximum absolute atomic E-state index is 9.17. The van der Waals surface area contributed by atoms with Gasteiger partial charge in [0, 0.05) is 5.75 Å². The summed E-state index contributed by atoms with van der Waals surface area (Å²) in [4.78, 5) is 0. The van der Waals surface area contributed by atoms with Crippen LogP contribution in [0, 0.1) is 0 Å². The van der Waals surface area contributed by atoms with Crippen molar-refractivity contribution >= 4 is 11.8 Å². The highest BCUT2D eigenvalue weighted by Gasteiger charge is 2.05. The molecule has 0 radical (unpaired) electrons. The van der Waals surface area contributed by atoms with Crippen molar-refractivity contribution in [3.8, 4) is 5.75 Å². The third kappa shape index (κ3) is 3.26. The smallest absolute Gasteiger partial charge is 0.115 e. The second kappa shape index (κ2) is 5.11. The van der Waals surface area contributed by atoms with Crippen molar-refractivity contribution in [2.24, 2.45) is 5.73 Å². The summed E-state index contributed by atoms with van der Waals surface area (Å²) >= 11 is 1.45. The molecule has 4 N–H and O–H groups in total. The zero-order valence-corrected chi connectivity index (χ0v) is 8.00. The molecular formula is C9H13NO2S. The lowest BCUT2D eigenvalue weighted by atomic mass is 10.2. The van der Waals surface area contributed by atoms with Gasteiger partial charge in [0.15, 0.2) is 0 Å². The number of hydrogen-bond acceptors (Lipinski definition) is 4. The number of aliphatic hydroxyl groups is 1. The molecular weight excluding hydrogens is 186 g/mol. The van der Waals surface area contributed by atoms with Gasteiger partial charge in [0.2, 0.25) is 0 Å². The number of hydrogen-bond donors (Lipinski definition) is 3. The molecule has 3 nitrogen and oxygen atoms in total. The van der Waals surface area contributed by atoms with Crippen LogP contribution in [0.2, 0.25) is 0 Å². The van der Waals surface area contributed by atoms with Crippen molar-refractivity contribution in [1.29, 1.82) is 0 Å². The van der Waals surface area contributed by atoms with Crippen molar-refractivity contribution in [2.75, 3.05) is 12.4 Å². The standard InChI is InChI=1S/C9H13NO2S/c10-9(13-5-4-11)7-2-1-3-8(12)6-7/h1-3,6,9,11-12H,4-5,10H2. The van der Waals surface area contributed by atoms with E-state index in [9.17, 15) is 5.11 Å². The summed E-state index contributed by atoms with van der Waals surface area (Å²) in [5.74, 6) is 0.828. The number of aliphatic hydroxyl groups excluding tert-OH is 1. The van der Waals surface area contributed by atoms with Gasteiger partial charge in [-0.15, -0.1) is 11.8 Å². The van der Waals surface area contributed by atoms with Crippen LogP contribution < -0.4 is 5.73 Å². The number of nitrogens with two attached hydrogens (primary N) is 1. The van der Waals surface area contributed by atoms with Gasteiger partial charge >= 0.3 is 0 Å². The predicted molar refractivity (Wildman–Crippen MR) is 54.6 cm³/mol. The minimum atomic E-state index is -0.181. The molecule has 0 fully saturated rings. The average molecular weight is 199 g/mol. The van der Waals surface area contributed by atoms with Crippen LogP contribution in [0.4, 0.5) is 0 Å². The van der Waals surface area contributed by atoms with E-state index in [1.807, 2.05) is 6.07 Å². The largest absolute Gasteiger partial charge is 0.508 e. The van der Waals surface area contributed by atoms with Gasteiger partial charge in [0.25, 0.3) is 0 Å². The molecule has 0 amide bonds. The van der Waals surface area contributed by atoms with Crippen molar-refractivity contribution in [3.05, 3.63) is 29.8 Å². The summed E-state index contributed by atoms with van der Waals surface area (Å²) in [7, 11) is 0. The van der Waals surface area contributed by atoms with Crippen molar-refractivity contribution in [3.63, 3.8) is 0 Å². The first-order chi connectivity index (χ1) is 6.24. The van der Waals surface area contributed by atoms with Crippen LogP contribution in [-0.2, 0) is 0 Å². The zero-order valence-electron chi connectivity index (χ0n) is 7.18. The molecule has 1 atom stereocenters. The number of rotatable bonds is 4. The van der Waals surface area contributed by atoms with Crippen LogP contribution in [0.5, 0.6) is 5.75 Å². The zero-order chi connectivity index (χ0) is 9.68. The first-order valence-electron chi connectivity index (χ1n) is 4.01. The van der Waals surface area contributed by atoms with Gasteiger partial charge in [-0.2, -0.15) is 0 Å². The highest BCUT2D eigenvalue weighted by atomic mass is 32.2. The molecule has 1 aromatic carbocycles. The second-order valence-electron chi connectivity index (χ2n) is 2.61. The van der Waals surface area contributed by atoms with E-state index in [-0.39, 0.29) is 17.7 Å². The number of aromatic hydroxyl groups is 1. The lowest BCUT2D eigenvalue weighted by Gasteiger charge is -2.10. The second-order valence-corrected chi connectivity index (χ2v) is 3.86. The summed E-state index contributed by atoms with van der Waals surface area (Å²) in [6, 6.07) is 6.85. The fraction of sp³-hybridized carbons (Fsp3) is 0.333. The lowest BCUT2D eigenvalue weighted by Crippen LogP contribution is -2.07. The quantitative estimate of drug-likeness (QED) is 0.635. The SMILES string of the molecule is NC(SCCO)c1cccc(O)c1. The van der Waals surface area contributed by atoms with Crippen LogP contribution in [-0.4, -0.2) is 22.6 Å². The van der Waals surface area contributed by atoms with Crippen molar-refractivity contribution in [1.82, 2.24) is 0 Å². The van der Waals surface area contributed by atoms with Crippen LogP contribution in [0.1, 0.15) is 10.9 Å². The van der Waals surface area contributed by atoms with Crippen LogP contribution >= 0.6 is 11.8 Å². The summed E-state index contributed by atoms with van der Waals surface area (Å²) in [5, 5.41) is 17.6. The van der Waals surface area contributed by atoms with Gasteiger partial charge in [0.05, 0.1) is 12.0 Å². The Morgan fingerprint density at radius 2 is 2.23 bits per heavy atom. The molecule has 0 spiro atoms. The van der Waals surface area contributed by atoms with E-state index in [4.69, 9.17) is 10.8 Å². The van der Waals surface area contributed by atoms with Crippen LogP contribution in [0.15, 0.2) is 24.3 Å². The van der Waals surface area contributed by atoms with E-state index < -0.39 is 0 Å². The van der Waals surface area contributed by atoms with Gasteiger partial charge in [-0.3, -0.25) is 0 Å². The maximum atomic E-state index is 9.17. The normalized spacial score (nSPS) is 12.8. The topological polar surface area (TPSA) is 66.5 Å². The molecule has 1 rings (SSSR count). The van der Waals surface area contributed by atoms with Crippen LogP contribution in [0.25, 0.3) is 0 Å². The molecule has 0 aliphatic carbocycles. The Morgan fingerprint density at radius 1 is 1.46 bits per heavy atom. The van der Waals surface area contributed by atoms with E-state index in [2.05, 4.69) is 0 Å².